The van der Waals surface area contributed by atoms with Crippen molar-refractivity contribution < 1.29 is 0 Å². The van der Waals surface area contributed by atoms with Crippen LogP contribution < -0.4 is 10.2 Å². The van der Waals surface area contributed by atoms with Crippen molar-refractivity contribution in [2.45, 2.75) is 19.5 Å². The number of anilines is 1. The lowest BCUT2D eigenvalue weighted by Gasteiger charge is -2.15. The summed E-state index contributed by atoms with van der Waals surface area (Å²) in [5, 5.41) is 6.40. The third-order valence-corrected chi connectivity index (χ3v) is 3.95. The van der Waals surface area contributed by atoms with Gasteiger partial charge >= 0.3 is 0 Å². The normalized spacial score (nSPS) is 12.4. The van der Waals surface area contributed by atoms with E-state index in [1.165, 1.54) is 5.56 Å². The molecular formula is C14H19N3S. The summed E-state index contributed by atoms with van der Waals surface area (Å²) in [5.41, 5.74) is 2.41. The largest absolute Gasteiger partial charge is 0.347 e. The summed E-state index contributed by atoms with van der Waals surface area (Å²) in [6.45, 7) is 3.01. The van der Waals surface area contributed by atoms with Crippen molar-refractivity contribution in [3.8, 4) is 0 Å². The number of rotatable bonds is 5. The summed E-state index contributed by atoms with van der Waals surface area (Å²) in [6, 6.07) is 10.8. The van der Waals surface area contributed by atoms with Crippen molar-refractivity contribution in [2.24, 2.45) is 0 Å². The summed E-state index contributed by atoms with van der Waals surface area (Å²) in [7, 11) is 4.04. The number of nitrogens with zero attached hydrogens (tertiary/aromatic N) is 2. The Bertz CT molecular complexity index is 481. The molecule has 1 aromatic heterocycles. The first-order chi connectivity index (χ1) is 8.70. The topological polar surface area (TPSA) is 28.2 Å². The maximum atomic E-state index is 4.66. The third kappa shape index (κ3) is 3.09. The highest BCUT2D eigenvalue weighted by atomic mass is 32.1. The van der Waals surface area contributed by atoms with Crippen molar-refractivity contribution in [3.63, 3.8) is 0 Å². The Morgan fingerprint density at radius 2 is 2.06 bits per heavy atom. The zero-order chi connectivity index (χ0) is 13.0. The number of hydrogen-bond acceptors (Lipinski definition) is 4. The summed E-state index contributed by atoms with van der Waals surface area (Å²) in [4.78, 5) is 6.85. The fourth-order valence-corrected chi connectivity index (χ4v) is 2.61. The molecule has 1 unspecified atom stereocenters. The quantitative estimate of drug-likeness (QED) is 0.896. The van der Waals surface area contributed by atoms with E-state index in [1.807, 2.05) is 13.1 Å². The van der Waals surface area contributed by atoms with E-state index >= 15 is 0 Å². The van der Waals surface area contributed by atoms with E-state index < -0.39 is 0 Å². The van der Waals surface area contributed by atoms with Gasteiger partial charge in [0.2, 0.25) is 0 Å². The monoisotopic (exact) mass is 261 g/mol. The predicted octanol–water partition coefficient (Wildman–Crippen LogP) is 3.06. The van der Waals surface area contributed by atoms with Crippen molar-refractivity contribution in [2.75, 3.05) is 19.0 Å². The molecule has 0 aliphatic heterocycles. The highest BCUT2D eigenvalue weighted by Crippen LogP contribution is 2.24. The second-order valence-electron chi connectivity index (χ2n) is 4.41. The second-order valence-corrected chi connectivity index (χ2v) is 5.24. The first-order valence-corrected chi connectivity index (χ1v) is 6.96. The van der Waals surface area contributed by atoms with Gasteiger partial charge in [0.25, 0.3) is 0 Å². The molecule has 1 heterocycles. The lowest BCUT2D eigenvalue weighted by Crippen LogP contribution is -2.17. The van der Waals surface area contributed by atoms with E-state index in [1.54, 1.807) is 11.3 Å². The molecule has 0 aliphatic rings. The summed E-state index contributed by atoms with van der Waals surface area (Å²) in [6.07, 6.45) is 0. The van der Waals surface area contributed by atoms with Gasteiger partial charge < -0.3 is 10.2 Å². The Labute approximate surface area is 112 Å². The van der Waals surface area contributed by atoms with Crippen molar-refractivity contribution in [1.29, 1.82) is 0 Å². The first kappa shape index (κ1) is 13.1. The Morgan fingerprint density at radius 1 is 1.33 bits per heavy atom. The van der Waals surface area contributed by atoms with E-state index in [0.29, 0.717) is 6.04 Å². The molecular weight excluding hydrogens is 242 g/mol. The maximum absolute atomic E-state index is 4.66. The van der Waals surface area contributed by atoms with Crippen LogP contribution in [0.5, 0.6) is 0 Å². The molecule has 3 nitrogen and oxygen atoms in total. The van der Waals surface area contributed by atoms with Gasteiger partial charge in [0.05, 0.1) is 5.69 Å². The molecule has 1 atom stereocenters. The highest BCUT2D eigenvalue weighted by molar-refractivity contribution is 7.13. The van der Waals surface area contributed by atoms with Gasteiger partial charge in [-0.15, -0.1) is 11.3 Å². The average Bonchev–Trinajstić information content (AvgIpc) is 2.88. The van der Waals surface area contributed by atoms with Crippen LogP contribution in [0.25, 0.3) is 0 Å². The van der Waals surface area contributed by atoms with Gasteiger partial charge in [0, 0.05) is 25.0 Å². The molecule has 0 aliphatic carbocycles. The van der Waals surface area contributed by atoms with Crippen LogP contribution in [0.15, 0.2) is 35.7 Å². The van der Waals surface area contributed by atoms with Crippen LogP contribution in [0, 0.1) is 0 Å². The highest BCUT2D eigenvalue weighted by Gasteiger charge is 2.11. The van der Waals surface area contributed by atoms with Crippen LogP contribution in [-0.4, -0.2) is 19.1 Å². The molecule has 1 aromatic carbocycles. The fraction of sp³-hybridized carbons (Fsp3) is 0.357. The average molecular weight is 261 g/mol. The first-order valence-electron chi connectivity index (χ1n) is 6.08. The van der Waals surface area contributed by atoms with E-state index in [9.17, 15) is 0 Å². The predicted molar refractivity (Wildman–Crippen MR) is 78.1 cm³/mol. The van der Waals surface area contributed by atoms with Gasteiger partial charge in [-0.1, -0.05) is 30.3 Å². The SMILES string of the molecule is CNC(C)c1csc(N(C)Cc2ccccc2)n1. The molecule has 0 spiro atoms. The van der Waals surface area contributed by atoms with E-state index in [4.69, 9.17) is 0 Å². The maximum Gasteiger partial charge on any atom is 0.185 e. The number of nitrogens with one attached hydrogen (secondary N) is 1. The number of thiazole rings is 1. The Balaban J connectivity index is 2.05. The molecule has 4 heteroatoms. The van der Waals surface area contributed by atoms with Gasteiger partial charge in [-0.05, 0) is 19.5 Å². The molecule has 0 radical (unpaired) electrons. The number of benzene rings is 1. The third-order valence-electron chi connectivity index (χ3n) is 2.98. The Kier molecular flexibility index (Phi) is 4.33. The number of aromatic nitrogens is 1. The van der Waals surface area contributed by atoms with Gasteiger partial charge in [0.1, 0.15) is 0 Å². The van der Waals surface area contributed by atoms with Crippen LogP contribution in [0.4, 0.5) is 5.13 Å². The summed E-state index contributed by atoms with van der Waals surface area (Å²) >= 11 is 1.70. The zero-order valence-corrected chi connectivity index (χ0v) is 11.9. The molecule has 2 aromatic rings. The molecule has 96 valence electrons. The van der Waals surface area contributed by atoms with E-state index in [2.05, 4.69) is 58.8 Å². The van der Waals surface area contributed by atoms with Crippen molar-refractivity contribution in [1.82, 2.24) is 10.3 Å². The molecule has 2 rings (SSSR count). The smallest absolute Gasteiger partial charge is 0.185 e. The molecule has 0 bridgehead atoms. The van der Waals surface area contributed by atoms with Gasteiger partial charge in [-0.25, -0.2) is 4.98 Å². The molecule has 1 N–H and O–H groups in total. The van der Waals surface area contributed by atoms with Crippen LogP contribution in [0.2, 0.25) is 0 Å². The molecule has 0 saturated carbocycles. The summed E-state index contributed by atoms with van der Waals surface area (Å²) in [5.74, 6) is 0. The van der Waals surface area contributed by atoms with E-state index in [0.717, 1.165) is 17.4 Å². The standard InChI is InChI=1S/C14H19N3S/c1-11(15-2)13-10-18-14(16-13)17(3)9-12-7-5-4-6-8-12/h4-8,10-11,15H,9H2,1-3H3. The zero-order valence-electron chi connectivity index (χ0n) is 11.1. The van der Waals surface area contributed by atoms with E-state index in [-0.39, 0.29) is 0 Å². The van der Waals surface area contributed by atoms with Crippen LogP contribution in [0.3, 0.4) is 0 Å². The Hall–Kier alpha value is -1.39. The van der Waals surface area contributed by atoms with Crippen LogP contribution in [0.1, 0.15) is 24.2 Å². The Morgan fingerprint density at radius 3 is 2.72 bits per heavy atom. The summed E-state index contributed by atoms with van der Waals surface area (Å²) < 4.78 is 0. The minimum atomic E-state index is 0.306. The minimum absolute atomic E-state index is 0.306. The lowest BCUT2D eigenvalue weighted by atomic mass is 10.2. The van der Waals surface area contributed by atoms with Crippen LogP contribution >= 0.6 is 11.3 Å². The van der Waals surface area contributed by atoms with Crippen molar-refractivity contribution >= 4 is 16.5 Å². The molecule has 18 heavy (non-hydrogen) atoms. The second kappa shape index (κ2) is 5.98. The van der Waals surface area contributed by atoms with Gasteiger partial charge in [0.15, 0.2) is 5.13 Å². The fourth-order valence-electron chi connectivity index (χ4n) is 1.72. The molecule has 0 fully saturated rings. The molecule has 0 amide bonds. The molecule has 0 saturated heterocycles. The lowest BCUT2D eigenvalue weighted by molar-refractivity contribution is 0.636. The minimum Gasteiger partial charge on any atom is -0.347 e. The van der Waals surface area contributed by atoms with Gasteiger partial charge in [-0.3, -0.25) is 0 Å². The number of hydrogen-bond donors (Lipinski definition) is 1. The van der Waals surface area contributed by atoms with Crippen molar-refractivity contribution in [3.05, 3.63) is 47.0 Å². The van der Waals surface area contributed by atoms with Gasteiger partial charge in [-0.2, -0.15) is 0 Å². The van der Waals surface area contributed by atoms with Crippen LogP contribution in [-0.2, 0) is 6.54 Å².